The Morgan fingerprint density at radius 1 is 1.56 bits per heavy atom. The first-order valence-corrected chi connectivity index (χ1v) is 7.36. The summed E-state index contributed by atoms with van der Waals surface area (Å²) in [6, 6.07) is 0. The van der Waals surface area contributed by atoms with Crippen molar-refractivity contribution in [3.63, 3.8) is 0 Å². The van der Waals surface area contributed by atoms with E-state index in [1.165, 1.54) is 25.0 Å². The van der Waals surface area contributed by atoms with Crippen molar-refractivity contribution in [3.8, 4) is 0 Å². The van der Waals surface area contributed by atoms with Crippen LogP contribution in [0.3, 0.4) is 0 Å². The lowest BCUT2D eigenvalue weighted by Crippen LogP contribution is -2.43. The van der Waals surface area contributed by atoms with Crippen LogP contribution in [0.1, 0.15) is 39.5 Å². The summed E-state index contributed by atoms with van der Waals surface area (Å²) in [5.74, 6) is 1.56. The van der Waals surface area contributed by atoms with E-state index in [1.807, 2.05) is 23.6 Å². The zero-order valence-electron chi connectivity index (χ0n) is 10.3. The maximum absolute atomic E-state index is 12.2. The van der Waals surface area contributed by atoms with Crippen molar-refractivity contribution in [2.45, 2.75) is 50.3 Å². The maximum Gasteiger partial charge on any atom is 0.243 e. The minimum atomic E-state index is -0.306. The van der Waals surface area contributed by atoms with Crippen molar-refractivity contribution in [2.24, 2.45) is 0 Å². The summed E-state index contributed by atoms with van der Waals surface area (Å²) in [6.07, 6.45) is 4.83. The first-order chi connectivity index (χ1) is 7.65. The SMILES string of the molecule is CCC1(C)NCN(CC2CCCCS2)C1=O. The van der Waals surface area contributed by atoms with Gasteiger partial charge in [-0.25, -0.2) is 0 Å². The van der Waals surface area contributed by atoms with Gasteiger partial charge in [0.15, 0.2) is 0 Å². The summed E-state index contributed by atoms with van der Waals surface area (Å²) in [7, 11) is 0. The Balaban J connectivity index is 1.89. The molecule has 0 spiro atoms. The minimum absolute atomic E-state index is 0.293. The molecule has 0 aromatic carbocycles. The molecule has 2 atom stereocenters. The van der Waals surface area contributed by atoms with Crippen LogP contribution in [0.5, 0.6) is 0 Å². The van der Waals surface area contributed by atoms with Crippen LogP contribution in [-0.2, 0) is 4.79 Å². The normalized spacial score (nSPS) is 35.8. The van der Waals surface area contributed by atoms with Gasteiger partial charge in [-0.2, -0.15) is 11.8 Å². The Morgan fingerprint density at radius 2 is 2.38 bits per heavy atom. The van der Waals surface area contributed by atoms with Gasteiger partial charge in [0.25, 0.3) is 0 Å². The van der Waals surface area contributed by atoms with Gasteiger partial charge in [0.2, 0.25) is 5.91 Å². The average molecular weight is 242 g/mol. The van der Waals surface area contributed by atoms with Gasteiger partial charge in [-0.05, 0) is 31.9 Å². The number of nitrogens with zero attached hydrogens (tertiary/aromatic N) is 1. The molecular weight excluding hydrogens is 220 g/mol. The van der Waals surface area contributed by atoms with Gasteiger partial charge in [0.1, 0.15) is 0 Å². The fraction of sp³-hybridized carbons (Fsp3) is 0.917. The molecule has 2 aliphatic heterocycles. The molecule has 0 aliphatic carbocycles. The Kier molecular flexibility index (Phi) is 3.80. The maximum atomic E-state index is 12.2. The number of carbonyl (C=O) groups is 1. The first kappa shape index (κ1) is 12.2. The Bertz CT molecular complexity index is 266. The van der Waals surface area contributed by atoms with Crippen LogP contribution in [0, 0.1) is 0 Å². The van der Waals surface area contributed by atoms with E-state index in [0.29, 0.717) is 11.2 Å². The largest absolute Gasteiger partial charge is 0.327 e. The number of hydrogen-bond acceptors (Lipinski definition) is 3. The highest BCUT2D eigenvalue weighted by atomic mass is 32.2. The van der Waals surface area contributed by atoms with E-state index in [9.17, 15) is 4.79 Å². The number of rotatable bonds is 3. The molecule has 0 bridgehead atoms. The third-order valence-corrected chi connectivity index (χ3v) is 5.20. The lowest BCUT2D eigenvalue weighted by Gasteiger charge is -2.27. The van der Waals surface area contributed by atoms with E-state index in [4.69, 9.17) is 0 Å². The van der Waals surface area contributed by atoms with Gasteiger partial charge in [-0.1, -0.05) is 13.3 Å². The van der Waals surface area contributed by atoms with Gasteiger partial charge < -0.3 is 4.90 Å². The van der Waals surface area contributed by atoms with Crippen molar-refractivity contribution in [1.29, 1.82) is 0 Å². The second-order valence-corrected chi connectivity index (χ2v) is 6.44. The molecule has 1 N–H and O–H groups in total. The fourth-order valence-corrected chi connectivity index (χ4v) is 3.71. The molecule has 1 amide bonds. The van der Waals surface area contributed by atoms with Crippen molar-refractivity contribution < 1.29 is 4.79 Å². The van der Waals surface area contributed by atoms with E-state index < -0.39 is 0 Å². The summed E-state index contributed by atoms with van der Waals surface area (Å²) in [5.41, 5.74) is -0.306. The monoisotopic (exact) mass is 242 g/mol. The molecule has 0 aromatic rings. The lowest BCUT2D eigenvalue weighted by atomic mass is 9.99. The van der Waals surface area contributed by atoms with Crippen molar-refractivity contribution in [1.82, 2.24) is 10.2 Å². The number of thioether (sulfide) groups is 1. The molecule has 2 fully saturated rings. The van der Waals surface area contributed by atoms with Gasteiger partial charge in [0.05, 0.1) is 12.2 Å². The second kappa shape index (κ2) is 4.96. The molecule has 16 heavy (non-hydrogen) atoms. The van der Waals surface area contributed by atoms with Gasteiger partial charge in [0, 0.05) is 11.8 Å². The van der Waals surface area contributed by atoms with Crippen LogP contribution in [0.25, 0.3) is 0 Å². The Labute approximate surface area is 102 Å². The van der Waals surface area contributed by atoms with Gasteiger partial charge >= 0.3 is 0 Å². The Morgan fingerprint density at radius 3 is 2.94 bits per heavy atom. The number of nitrogens with one attached hydrogen (secondary N) is 1. The van der Waals surface area contributed by atoms with E-state index in [2.05, 4.69) is 12.2 Å². The lowest BCUT2D eigenvalue weighted by molar-refractivity contribution is -0.132. The third kappa shape index (κ3) is 2.38. The number of carbonyl (C=O) groups excluding carboxylic acids is 1. The molecule has 2 aliphatic rings. The molecule has 0 saturated carbocycles. The zero-order valence-corrected chi connectivity index (χ0v) is 11.1. The molecule has 2 heterocycles. The van der Waals surface area contributed by atoms with Crippen LogP contribution < -0.4 is 5.32 Å². The topological polar surface area (TPSA) is 32.3 Å². The summed E-state index contributed by atoms with van der Waals surface area (Å²) in [4.78, 5) is 14.2. The highest BCUT2D eigenvalue weighted by molar-refractivity contribution is 7.99. The first-order valence-electron chi connectivity index (χ1n) is 6.32. The summed E-state index contributed by atoms with van der Waals surface area (Å²) in [5, 5.41) is 4.00. The van der Waals surface area contributed by atoms with Crippen LogP contribution in [-0.4, -0.2) is 40.6 Å². The molecular formula is C12H22N2OS. The Hall–Kier alpha value is -0.220. The van der Waals surface area contributed by atoms with E-state index >= 15 is 0 Å². The van der Waals surface area contributed by atoms with Gasteiger partial charge in [-0.3, -0.25) is 10.1 Å². The fourth-order valence-electron chi connectivity index (χ4n) is 2.39. The standard InChI is InChI=1S/C12H22N2OS/c1-3-12(2)11(15)14(9-13-12)8-10-6-4-5-7-16-10/h10,13H,3-9H2,1-2H3. The molecule has 3 nitrogen and oxygen atoms in total. The highest BCUT2D eigenvalue weighted by Crippen LogP contribution is 2.28. The predicted molar refractivity (Wildman–Crippen MR) is 68.5 cm³/mol. The smallest absolute Gasteiger partial charge is 0.243 e. The molecule has 2 rings (SSSR count). The third-order valence-electron chi connectivity index (χ3n) is 3.82. The summed E-state index contributed by atoms with van der Waals surface area (Å²) >= 11 is 2.04. The van der Waals surface area contributed by atoms with Crippen LogP contribution in [0.4, 0.5) is 0 Å². The second-order valence-electron chi connectivity index (χ2n) is 5.04. The highest BCUT2D eigenvalue weighted by Gasteiger charge is 2.41. The molecule has 0 aromatic heterocycles. The number of amides is 1. The molecule has 92 valence electrons. The molecule has 2 unspecified atom stereocenters. The summed E-state index contributed by atoms with van der Waals surface area (Å²) < 4.78 is 0. The van der Waals surface area contributed by atoms with E-state index in [1.54, 1.807) is 0 Å². The molecule has 4 heteroatoms. The quantitative estimate of drug-likeness (QED) is 0.819. The summed E-state index contributed by atoms with van der Waals surface area (Å²) in [6.45, 7) is 5.76. The van der Waals surface area contributed by atoms with Crippen molar-refractivity contribution in [2.75, 3.05) is 19.0 Å². The predicted octanol–water partition coefficient (Wildman–Crippen LogP) is 1.83. The van der Waals surface area contributed by atoms with Crippen LogP contribution in [0.15, 0.2) is 0 Å². The van der Waals surface area contributed by atoms with Crippen molar-refractivity contribution >= 4 is 17.7 Å². The van der Waals surface area contributed by atoms with E-state index in [-0.39, 0.29) is 5.54 Å². The van der Waals surface area contributed by atoms with Gasteiger partial charge in [-0.15, -0.1) is 0 Å². The molecule has 2 saturated heterocycles. The van der Waals surface area contributed by atoms with E-state index in [0.717, 1.165) is 19.6 Å². The number of hydrogen-bond donors (Lipinski definition) is 1. The average Bonchev–Trinajstić information content (AvgIpc) is 2.60. The van der Waals surface area contributed by atoms with Crippen LogP contribution >= 0.6 is 11.8 Å². The zero-order chi connectivity index (χ0) is 11.6. The minimum Gasteiger partial charge on any atom is -0.327 e. The molecule has 0 radical (unpaired) electrons. The van der Waals surface area contributed by atoms with Crippen LogP contribution in [0.2, 0.25) is 0 Å². The van der Waals surface area contributed by atoms with Crippen molar-refractivity contribution in [3.05, 3.63) is 0 Å².